The number of aryl methyl sites for hydroxylation is 2. The molecule has 3 N–H and O–H groups in total. The molecule has 1 amide bonds. The molecule has 11 heteroatoms. The maximum absolute atomic E-state index is 12.9. The number of anilines is 1. The minimum absolute atomic E-state index is 0.0898. The van der Waals surface area contributed by atoms with Crippen LogP contribution >= 0.6 is 0 Å². The Morgan fingerprint density at radius 3 is 2.58 bits per heavy atom. The summed E-state index contributed by atoms with van der Waals surface area (Å²) in [6, 6.07) is 6.20. The lowest BCUT2D eigenvalue weighted by Crippen LogP contribution is -2.44. The van der Waals surface area contributed by atoms with Crippen molar-refractivity contribution in [1.82, 2.24) is 14.4 Å². The Morgan fingerprint density at radius 1 is 1.19 bits per heavy atom. The zero-order valence-corrected chi connectivity index (χ0v) is 21.7. The predicted molar refractivity (Wildman–Crippen MR) is 138 cm³/mol. The van der Waals surface area contributed by atoms with Gasteiger partial charge in [-0.25, -0.2) is 18.4 Å². The molecule has 4 rings (SSSR count). The number of primary sulfonamides is 1. The van der Waals surface area contributed by atoms with Crippen LogP contribution in [0, 0.1) is 6.92 Å². The first-order valence-corrected chi connectivity index (χ1v) is 13.6. The largest absolute Gasteiger partial charge is 0.449 e. The second-order valence-electron chi connectivity index (χ2n) is 9.24. The highest BCUT2D eigenvalue weighted by molar-refractivity contribution is 7.89. The Balaban J connectivity index is 1.69. The summed E-state index contributed by atoms with van der Waals surface area (Å²) in [5.74, 6) is -0.380. The Morgan fingerprint density at radius 2 is 1.92 bits per heavy atom. The third kappa shape index (κ3) is 5.54. The fourth-order valence-corrected chi connectivity index (χ4v) is 5.24. The number of hydrogen-bond donors (Lipinski definition) is 2. The minimum atomic E-state index is -3.95. The lowest BCUT2D eigenvalue weighted by atomic mass is 10.0. The van der Waals surface area contributed by atoms with Crippen LogP contribution < -0.4 is 10.5 Å². The fraction of sp³-hybridized carbons (Fsp3) is 0.440. The summed E-state index contributed by atoms with van der Waals surface area (Å²) in [4.78, 5) is 30.4. The number of rotatable bonds is 7. The van der Waals surface area contributed by atoms with E-state index >= 15 is 0 Å². The molecule has 194 valence electrons. The average molecular weight is 516 g/mol. The quantitative estimate of drug-likeness (QED) is 0.541. The van der Waals surface area contributed by atoms with Gasteiger partial charge in [0.05, 0.1) is 22.8 Å². The number of amides is 1. The number of nitrogens with one attached hydrogen (secondary N) is 1. The van der Waals surface area contributed by atoms with Gasteiger partial charge >= 0.3 is 6.09 Å². The lowest BCUT2D eigenvalue weighted by Gasteiger charge is -2.32. The summed E-state index contributed by atoms with van der Waals surface area (Å²) in [5.41, 5.74) is 3.35. The molecule has 0 bridgehead atoms. The molecule has 1 saturated heterocycles. The summed E-state index contributed by atoms with van der Waals surface area (Å²) in [5, 5.41) is 8.06. The first kappa shape index (κ1) is 26.1. The van der Waals surface area contributed by atoms with Crippen molar-refractivity contribution in [3.05, 3.63) is 46.8 Å². The van der Waals surface area contributed by atoms with Gasteiger partial charge in [0.15, 0.2) is 0 Å². The Labute approximate surface area is 211 Å². The minimum Gasteiger partial charge on any atom is -0.449 e. The molecule has 36 heavy (non-hydrogen) atoms. The molecule has 2 aliphatic rings. The van der Waals surface area contributed by atoms with Gasteiger partial charge in [-0.2, -0.15) is 0 Å². The van der Waals surface area contributed by atoms with Crippen LogP contribution in [0.4, 0.5) is 10.5 Å². The first-order valence-electron chi connectivity index (χ1n) is 12.1. The second kappa shape index (κ2) is 10.6. The number of piperazine rings is 1. The number of hydrogen-bond acceptors (Lipinski definition) is 7. The van der Waals surface area contributed by atoms with Gasteiger partial charge in [-0.05, 0) is 76.2 Å². The van der Waals surface area contributed by atoms with Crippen molar-refractivity contribution in [2.75, 3.05) is 51.7 Å². The highest BCUT2D eigenvalue weighted by atomic mass is 32.2. The number of carbonyl (C=O) groups excluding carboxylic acids is 2. The van der Waals surface area contributed by atoms with Gasteiger partial charge in [0.1, 0.15) is 0 Å². The van der Waals surface area contributed by atoms with Crippen LogP contribution in [0.2, 0.25) is 0 Å². The number of nitrogens with two attached hydrogens (primary N) is 1. The van der Waals surface area contributed by atoms with Crippen molar-refractivity contribution in [2.45, 2.75) is 31.6 Å². The van der Waals surface area contributed by atoms with Crippen LogP contribution in [-0.2, 0) is 26.0 Å². The molecule has 10 nitrogen and oxygen atoms in total. The Bertz CT molecular complexity index is 1310. The van der Waals surface area contributed by atoms with Crippen molar-refractivity contribution in [2.24, 2.45) is 5.14 Å². The average Bonchev–Trinajstić information content (AvgIpc) is 3.30. The molecule has 0 radical (unpaired) electrons. The summed E-state index contributed by atoms with van der Waals surface area (Å²) in [6.45, 7) is 8.86. The fourth-order valence-electron chi connectivity index (χ4n) is 4.70. The number of sulfonamides is 1. The zero-order chi connectivity index (χ0) is 26.0. The SMILES string of the molecule is CCOC(=O)n1c(C)cc(CCCN2CCN(C)CC2)c1C=C1C(=O)Nc2ccc(S(N)(=O)=O)cc21. The van der Waals surface area contributed by atoms with Crippen LogP contribution in [-0.4, -0.2) is 81.2 Å². The molecule has 1 aromatic carbocycles. The van der Waals surface area contributed by atoms with Gasteiger partial charge in [0.25, 0.3) is 5.91 Å². The van der Waals surface area contributed by atoms with E-state index in [9.17, 15) is 18.0 Å². The van der Waals surface area contributed by atoms with E-state index in [4.69, 9.17) is 9.88 Å². The van der Waals surface area contributed by atoms with Gasteiger partial charge in [0.2, 0.25) is 10.0 Å². The second-order valence-corrected chi connectivity index (χ2v) is 10.8. The monoisotopic (exact) mass is 515 g/mol. The number of fused-ring (bicyclic) bond motifs is 1. The molecule has 0 atom stereocenters. The molecule has 2 aromatic rings. The summed E-state index contributed by atoms with van der Waals surface area (Å²) in [6.07, 6.45) is 2.72. The molecule has 0 unspecified atom stereocenters. The Hall–Kier alpha value is -2.99. The highest BCUT2D eigenvalue weighted by Crippen LogP contribution is 2.35. The van der Waals surface area contributed by atoms with E-state index in [1.54, 1.807) is 13.0 Å². The predicted octanol–water partition coefficient (Wildman–Crippen LogP) is 2.12. The third-order valence-corrected chi connectivity index (χ3v) is 7.57. The normalized spacial score (nSPS) is 17.9. The topological polar surface area (TPSA) is 127 Å². The third-order valence-electron chi connectivity index (χ3n) is 6.66. The van der Waals surface area contributed by atoms with E-state index in [1.165, 1.54) is 22.8 Å². The highest BCUT2D eigenvalue weighted by Gasteiger charge is 2.28. The van der Waals surface area contributed by atoms with Gasteiger partial charge in [-0.3, -0.25) is 9.36 Å². The molecule has 0 spiro atoms. The van der Waals surface area contributed by atoms with Crippen LogP contribution in [0.15, 0.2) is 29.2 Å². The van der Waals surface area contributed by atoms with E-state index < -0.39 is 16.1 Å². The standard InChI is InChI=1S/C25H33N5O5S/c1-4-35-25(32)30-17(2)14-18(6-5-9-29-12-10-28(3)11-13-29)23(30)16-21-20-15-19(36(26,33)34)7-8-22(20)27-24(21)31/h7-8,14-16H,4-6,9-13H2,1-3H3,(H,27,31)(H2,26,33,34). The van der Waals surface area contributed by atoms with Gasteiger partial charge in [-0.15, -0.1) is 0 Å². The van der Waals surface area contributed by atoms with Crippen LogP contribution in [0.25, 0.3) is 11.6 Å². The van der Waals surface area contributed by atoms with E-state index in [-0.39, 0.29) is 23.0 Å². The van der Waals surface area contributed by atoms with Crippen molar-refractivity contribution in [1.29, 1.82) is 0 Å². The molecule has 0 saturated carbocycles. The zero-order valence-electron chi connectivity index (χ0n) is 20.9. The van der Waals surface area contributed by atoms with Crippen molar-refractivity contribution >= 4 is 39.4 Å². The van der Waals surface area contributed by atoms with E-state index in [0.717, 1.165) is 44.7 Å². The Kier molecular flexibility index (Phi) is 7.65. The van der Waals surface area contributed by atoms with Gasteiger partial charge < -0.3 is 19.9 Å². The number of nitrogens with zero attached hydrogens (tertiary/aromatic N) is 3. The number of likely N-dealkylation sites (N-methyl/N-ethyl adjacent to an activating group) is 1. The number of carbonyl (C=O) groups is 2. The molecule has 1 aromatic heterocycles. The molecular weight excluding hydrogens is 482 g/mol. The summed E-state index contributed by atoms with van der Waals surface area (Å²) in [7, 11) is -1.82. The number of benzene rings is 1. The summed E-state index contributed by atoms with van der Waals surface area (Å²) >= 11 is 0. The molecule has 1 fully saturated rings. The molecular formula is C25H33N5O5S. The van der Waals surface area contributed by atoms with Gasteiger partial charge in [0, 0.05) is 43.1 Å². The van der Waals surface area contributed by atoms with Gasteiger partial charge in [-0.1, -0.05) is 0 Å². The van der Waals surface area contributed by atoms with E-state index in [1.807, 2.05) is 13.0 Å². The first-order chi connectivity index (χ1) is 17.1. The van der Waals surface area contributed by atoms with E-state index in [0.29, 0.717) is 29.1 Å². The van der Waals surface area contributed by atoms with Crippen molar-refractivity contribution in [3.8, 4) is 0 Å². The van der Waals surface area contributed by atoms with Crippen LogP contribution in [0.1, 0.15) is 35.9 Å². The number of ether oxygens (including phenoxy) is 1. The molecule has 0 aliphatic carbocycles. The van der Waals surface area contributed by atoms with Crippen molar-refractivity contribution in [3.63, 3.8) is 0 Å². The smallest absolute Gasteiger partial charge is 0.418 e. The van der Waals surface area contributed by atoms with Crippen LogP contribution in [0.5, 0.6) is 0 Å². The maximum Gasteiger partial charge on any atom is 0.418 e. The van der Waals surface area contributed by atoms with E-state index in [2.05, 4.69) is 22.2 Å². The van der Waals surface area contributed by atoms with Crippen LogP contribution in [0.3, 0.4) is 0 Å². The lowest BCUT2D eigenvalue weighted by molar-refractivity contribution is -0.110. The van der Waals surface area contributed by atoms with Crippen molar-refractivity contribution < 1.29 is 22.7 Å². The maximum atomic E-state index is 12.9. The molecule has 2 aliphatic heterocycles. The molecule has 3 heterocycles. The number of aromatic nitrogens is 1. The summed E-state index contributed by atoms with van der Waals surface area (Å²) < 4.78 is 30.6.